The summed E-state index contributed by atoms with van der Waals surface area (Å²) in [4.78, 5) is 28.2. The first-order chi connectivity index (χ1) is 10.5. The van der Waals surface area contributed by atoms with Crippen molar-refractivity contribution >= 4 is 39.5 Å². The van der Waals surface area contributed by atoms with Crippen LogP contribution in [0.25, 0.3) is 4.96 Å². The van der Waals surface area contributed by atoms with E-state index in [1.807, 2.05) is 6.92 Å². The molecular formula is C14H13N5O2S. The number of imidazole rings is 1. The van der Waals surface area contributed by atoms with Gasteiger partial charge in [-0.25, -0.2) is 9.50 Å². The van der Waals surface area contributed by atoms with Crippen molar-refractivity contribution in [3.63, 3.8) is 0 Å². The third kappa shape index (κ3) is 2.96. The molecule has 7 nitrogen and oxygen atoms in total. The van der Waals surface area contributed by atoms with Gasteiger partial charge in [0, 0.05) is 18.3 Å². The van der Waals surface area contributed by atoms with Crippen LogP contribution in [0.2, 0.25) is 0 Å². The van der Waals surface area contributed by atoms with Gasteiger partial charge in [-0.05, 0) is 25.1 Å². The summed E-state index contributed by atoms with van der Waals surface area (Å²) in [5, 5.41) is 10.5. The number of rotatable bonds is 3. The maximum Gasteiger partial charge on any atom is 0.275 e. The molecule has 0 fully saturated rings. The second-order valence-electron chi connectivity index (χ2n) is 4.69. The standard InChI is InChI=1S/C14H13N5O2S/c1-8(20)15-10-4-3-5-11(6-10)16-13(21)12-7-19-14(17-12)22-9(2)18-19/h3-7H,1-2H3,(H,15,20)(H,16,21). The molecule has 0 unspecified atom stereocenters. The number of hydrogen-bond acceptors (Lipinski definition) is 5. The molecular weight excluding hydrogens is 302 g/mol. The number of nitrogens with zero attached hydrogens (tertiary/aromatic N) is 3. The summed E-state index contributed by atoms with van der Waals surface area (Å²) in [7, 11) is 0. The second-order valence-corrected chi connectivity index (χ2v) is 5.85. The fraction of sp³-hybridized carbons (Fsp3) is 0.143. The van der Waals surface area contributed by atoms with Crippen molar-refractivity contribution < 1.29 is 9.59 Å². The summed E-state index contributed by atoms with van der Waals surface area (Å²) < 4.78 is 1.59. The van der Waals surface area contributed by atoms with E-state index in [1.54, 1.807) is 35.0 Å². The van der Waals surface area contributed by atoms with Gasteiger partial charge in [-0.3, -0.25) is 9.59 Å². The van der Waals surface area contributed by atoms with Gasteiger partial charge in [0.15, 0.2) is 0 Å². The number of anilines is 2. The molecule has 2 N–H and O–H groups in total. The topological polar surface area (TPSA) is 88.4 Å². The molecule has 3 aromatic rings. The fourth-order valence-electron chi connectivity index (χ4n) is 1.98. The van der Waals surface area contributed by atoms with Crippen molar-refractivity contribution in [3.05, 3.63) is 41.2 Å². The Morgan fingerprint density at radius 1 is 1.23 bits per heavy atom. The zero-order chi connectivity index (χ0) is 15.7. The minimum atomic E-state index is -0.324. The molecule has 22 heavy (non-hydrogen) atoms. The zero-order valence-electron chi connectivity index (χ0n) is 12.0. The summed E-state index contributed by atoms with van der Waals surface area (Å²) in [5.74, 6) is -0.491. The molecule has 0 aliphatic rings. The fourth-order valence-corrected chi connectivity index (χ4v) is 2.71. The van der Waals surface area contributed by atoms with E-state index in [4.69, 9.17) is 0 Å². The molecule has 1 aromatic carbocycles. The van der Waals surface area contributed by atoms with E-state index in [9.17, 15) is 9.59 Å². The summed E-state index contributed by atoms with van der Waals surface area (Å²) in [6.45, 7) is 3.31. The minimum absolute atomic E-state index is 0.167. The highest BCUT2D eigenvalue weighted by Gasteiger charge is 2.13. The van der Waals surface area contributed by atoms with Crippen molar-refractivity contribution in [3.8, 4) is 0 Å². The Hall–Kier alpha value is -2.74. The Labute approximate surface area is 130 Å². The van der Waals surface area contributed by atoms with Crippen LogP contribution >= 0.6 is 11.3 Å². The number of hydrogen-bond donors (Lipinski definition) is 2. The monoisotopic (exact) mass is 315 g/mol. The van der Waals surface area contributed by atoms with Crippen molar-refractivity contribution in [2.24, 2.45) is 0 Å². The Morgan fingerprint density at radius 3 is 2.64 bits per heavy atom. The molecule has 8 heteroatoms. The second kappa shape index (κ2) is 5.57. The Balaban J connectivity index is 1.78. The Morgan fingerprint density at radius 2 is 1.95 bits per heavy atom. The van der Waals surface area contributed by atoms with Crippen LogP contribution in [-0.4, -0.2) is 26.4 Å². The highest BCUT2D eigenvalue weighted by atomic mass is 32.1. The Bertz CT molecular complexity index is 836. The van der Waals surface area contributed by atoms with Gasteiger partial charge in [0.1, 0.15) is 10.7 Å². The molecule has 0 atom stereocenters. The van der Waals surface area contributed by atoms with Crippen molar-refractivity contribution in [2.45, 2.75) is 13.8 Å². The lowest BCUT2D eigenvalue weighted by molar-refractivity contribution is -0.114. The highest BCUT2D eigenvalue weighted by Crippen LogP contribution is 2.17. The number of aryl methyl sites for hydroxylation is 1. The van der Waals surface area contributed by atoms with Crippen molar-refractivity contribution in [1.82, 2.24) is 14.6 Å². The zero-order valence-corrected chi connectivity index (χ0v) is 12.8. The van der Waals surface area contributed by atoms with Gasteiger partial charge in [0.05, 0.1) is 6.20 Å². The van der Waals surface area contributed by atoms with Gasteiger partial charge in [-0.2, -0.15) is 5.10 Å². The van der Waals surface area contributed by atoms with Crippen LogP contribution in [0, 0.1) is 6.92 Å². The lowest BCUT2D eigenvalue weighted by Crippen LogP contribution is -2.13. The number of amides is 2. The molecule has 0 aliphatic carbocycles. The molecule has 0 spiro atoms. The number of fused-ring (bicyclic) bond motifs is 1. The van der Waals surface area contributed by atoms with Crippen LogP contribution in [0.15, 0.2) is 30.5 Å². The molecule has 0 aliphatic heterocycles. The summed E-state index contributed by atoms with van der Waals surface area (Å²) >= 11 is 1.42. The SMILES string of the molecule is CC(=O)Nc1cccc(NC(=O)c2cn3nc(C)sc3n2)c1. The Kier molecular flexibility index (Phi) is 3.60. The predicted molar refractivity (Wildman–Crippen MR) is 84.3 cm³/mol. The third-order valence-electron chi connectivity index (χ3n) is 2.82. The third-order valence-corrected chi connectivity index (χ3v) is 3.66. The number of carbonyl (C=O) groups excluding carboxylic acids is 2. The van der Waals surface area contributed by atoms with Gasteiger partial charge in [-0.15, -0.1) is 0 Å². The number of carbonyl (C=O) groups is 2. The van der Waals surface area contributed by atoms with E-state index in [-0.39, 0.29) is 11.8 Å². The smallest absolute Gasteiger partial charge is 0.275 e. The molecule has 0 saturated carbocycles. The van der Waals surface area contributed by atoms with E-state index in [0.717, 1.165) is 5.01 Å². The van der Waals surface area contributed by atoms with Crippen LogP contribution in [0.3, 0.4) is 0 Å². The number of aromatic nitrogens is 3. The number of benzene rings is 1. The van der Waals surface area contributed by atoms with Crippen LogP contribution in [0.1, 0.15) is 22.4 Å². The normalized spacial score (nSPS) is 10.6. The molecule has 2 amide bonds. The summed E-state index contributed by atoms with van der Waals surface area (Å²) in [5.41, 5.74) is 1.49. The average Bonchev–Trinajstić information content (AvgIpc) is 2.95. The van der Waals surface area contributed by atoms with Gasteiger partial charge in [-0.1, -0.05) is 17.4 Å². The van der Waals surface area contributed by atoms with Crippen LogP contribution < -0.4 is 10.6 Å². The predicted octanol–water partition coefficient (Wildman–Crippen LogP) is 2.31. The molecule has 112 valence electrons. The maximum absolute atomic E-state index is 12.2. The van der Waals surface area contributed by atoms with Crippen LogP contribution in [0.5, 0.6) is 0 Å². The lowest BCUT2D eigenvalue weighted by atomic mass is 10.2. The first-order valence-electron chi connectivity index (χ1n) is 6.53. The van der Waals surface area contributed by atoms with E-state index in [0.29, 0.717) is 22.0 Å². The highest BCUT2D eigenvalue weighted by molar-refractivity contribution is 7.16. The van der Waals surface area contributed by atoms with E-state index < -0.39 is 0 Å². The van der Waals surface area contributed by atoms with Crippen molar-refractivity contribution in [2.75, 3.05) is 10.6 Å². The van der Waals surface area contributed by atoms with E-state index in [1.165, 1.54) is 18.3 Å². The first kappa shape index (κ1) is 14.2. The lowest BCUT2D eigenvalue weighted by Gasteiger charge is -2.06. The van der Waals surface area contributed by atoms with Gasteiger partial charge < -0.3 is 10.6 Å². The molecule has 2 aromatic heterocycles. The van der Waals surface area contributed by atoms with Gasteiger partial charge in [0.2, 0.25) is 10.9 Å². The van der Waals surface area contributed by atoms with Crippen LogP contribution in [0.4, 0.5) is 11.4 Å². The largest absolute Gasteiger partial charge is 0.326 e. The average molecular weight is 315 g/mol. The van der Waals surface area contributed by atoms with Gasteiger partial charge in [0.25, 0.3) is 5.91 Å². The maximum atomic E-state index is 12.2. The molecule has 0 bridgehead atoms. The summed E-state index contributed by atoms with van der Waals surface area (Å²) in [6, 6.07) is 6.91. The van der Waals surface area contributed by atoms with Crippen LogP contribution in [-0.2, 0) is 4.79 Å². The van der Waals surface area contributed by atoms with E-state index >= 15 is 0 Å². The summed E-state index contributed by atoms with van der Waals surface area (Å²) in [6.07, 6.45) is 1.59. The molecule has 3 rings (SSSR count). The first-order valence-corrected chi connectivity index (χ1v) is 7.35. The molecule has 2 heterocycles. The quantitative estimate of drug-likeness (QED) is 0.776. The number of nitrogens with one attached hydrogen (secondary N) is 2. The molecule has 0 saturated heterocycles. The van der Waals surface area contributed by atoms with Gasteiger partial charge >= 0.3 is 0 Å². The van der Waals surface area contributed by atoms with Crippen molar-refractivity contribution in [1.29, 1.82) is 0 Å². The minimum Gasteiger partial charge on any atom is -0.326 e. The van der Waals surface area contributed by atoms with E-state index in [2.05, 4.69) is 20.7 Å². The molecule has 0 radical (unpaired) electrons.